The van der Waals surface area contributed by atoms with Crippen molar-refractivity contribution in [2.24, 2.45) is 5.92 Å². The lowest BCUT2D eigenvalue weighted by Crippen LogP contribution is -2.21. The van der Waals surface area contributed by atoms with E-state index in [1.807, 2.05) is 0 Å². The maximum Gasteiger partial charge on any atom is 0.0705 e. The first-order valence-corrected chi connectivity index (χ1v) is 5.53. The van der Waals surface area contributed by atoms with E-state index in [9.17, 15) is 0 Å². The van der Waals surface area contributed by atoms with Gasteiger partial charge in [-0.1, -0.05) is 43.7 Å². The number of rotatable bonds is 5. The largest absolute Gasteiger partial charge is 0.301 e. The first-order chi connectivity index (χ1) is 7.09. The van der Waals surface area contributed by atoms with Crippen LogP contribution in [0.5, 0.6) is 0 Å². The number of nitrogens with one attached hydrogen (secondary N) is 1. The molecule has 0 amide bonds. The SMILES string of the molecule is Cc1cccc(C(C)NOCC(C)C)c1. The molecule has 1 N–H and O–H groups in total. The van der Waals surface area contributed by atoms with Crippen molar-refractivity contribution in [2.45, 2.75) is 33.7 Å². The molecule has 15 heavy (non-hydrogen) atoms. The zero-order valence-corrected chi connectivity index (χ0v) is 10.1. The third-order valence-electron chi connectivity index (χ3n) is 2.22. The van der Waals surface area contributed by atoms with Crippen molar-refractivity contribution in [1.29, 1.82) is 0 Å². The molecular formula is C13H21NO. The van der Waals surface area contributed by atoms with Crippen LogP contribution < -0.4 is 5.48 Å². The van der Waals surface area contributed by atoms with Crippen molar-refractivity contribution in [3.8, 4) is 0 Å². The van der Waals surface area contributed by atoms with Crippen LogP contribution in [-0.4, -0.2) is 6.61 Å². The van der Waals surface area contributed by atoms with Crippen LogP contribution in [0.3, 0.4) is 0 Å². The number of hydrogen-bond acceptors (Lipinski definition) is 2. The molecule has 84 valence electrons. The Morgan fingerprint density at radius 1 is 1.27 bits per heavy atom. The Morgan fingerprint density at radius 3 is 2.60 bits per heavy atom. The maximum atomic E-state index is 5.40. The summed E-state index contributed by atoms with van der Waals surface area (Å²) in [6.07, 6.45) is 0. The highest BCUT2D eigenvalue weighted by Gasteiger charge is 2.04. The van der Waals surface area contributed by atoms with E-state index in [1.165, 1.54) is 11.1 Å². The zero-order valence-electron chi connectivity index (χ0n) is 10.1. The van der Waals surface area contributed by atoms with Crippen LogP contribution in [-0.2, 0) is 4.84 Å². The molecule has 0 heterocycles. The van der Waals surface area contributed by atoms with E-state index < -0.39 is 0 Å². The minimum atomic E-state index is 0.239. The Morgan fingerprint density at radius 2 is 2.00 bits per heavy atom. The average Bonchev–Trinajstić information content (AvgIpc) is 2.17. The summed E-state index contributed by atoms with van der Waals surface area (Å²) in [5, 5.41) is 0. The number of hydroxylamine groups is 1. The van der Waals surface area contributed by atoms with Gasteiger partial charge in [0.05, 0.1) is 12.6 Å². The second kappa shape index (κ2) is 5.89. The molecular weight excluding hydrogens is 186 g/mol. The van der Waals surface area contributed by atoms with Gasteiger partial charge in [-0.25, -0.2) is 0 Å². The smallest absolute Gasteiger partial charge is 0.0705 e. The molecule has 0 aromatic heterocycles. The Bertz CT molecular complexity index is 296. The van der Waals surface area contributed by atoms with Crippen molar-refractivity contribution in [1.82, 2.24) is 5.48 Å². The molecule has 0 fully saturated rings. The van der Waals surface area contributed by atoms with Gasteiger partial charge < -0.3 is 4.84 Å². The molecule has 0 aliphatic carbocycles. The lowest BCUT2D eigenvalue weighted by atomic mass is 10.1. The van der Waals surface area contributed by atoms with Crippen LogP contribution in [0.15, 0.2) is 24.3 Å². The Kier molecular flexibility index (Phi) is 4.79. The van der Waals surface area contributed by atoms with Crippen LogP contribution in [0.25, 0.3) is 0 Å². The summed E-state index contributed by atoms with van der Waals surface area (Å²) in [6, 6.07) is 8.71. The van der Waals surface area contributed by atoms with Crippen LogP contribution in [0.1, 0.15) is 37.9 Å². The van der Waals surface area contributed by atoms with E-state index in [4.69, 9.17) is 4.84 Å². The summed E-state index contributed by atoms with van der Waals surface area (Å²) in [4.78, 5) is 5.40. The monoisotopic (exact) mass is 207 g/mol. The van der Waals surface area contributed by atoms with Gasteiger partial charge in [-0.15, -0.1) is 0 Å². The molecule has 2 nitrogen and oxygen atoms in total. The Labute approximate surface area is 92.6 Å². The van der Waals surface area contributed by atoms with Gasteiger partial charge in [-0.3, -0.25) is 0 Å². The van der Waals surface area contributed by atoms with E-state index in [2.05, 4.69) is 57.4 Å². The quantitative estimate of drug-likeness (QED) is 0.748. The van der Waals surface area contributed by atoms with Crippen molar-refractivity contribution < 1.29 is 4.84 Å². The van der Waals surface area contributed by atoms with E-state index in [0.717, 1.165) is 6.61 Å². The molecule has 1 aromatic rings. The highest BCUT2D eigenvalue weighted by Crippen LogP contribution is 2.13. The van der Waals surface area contributed by atoms with Gasteiger partial charge in [-0.05, 0) is 25.3 Å². The number of hydrogen-bond donors (Lipinski definition) is 1. The van der Waals surface area contributed by atoms with Gasteiger partial charge in [0, 0.05) is 0 Å². The predicted molar refractivity (Wildman–Crippen MR) is 63.5 cm³/mol. The van der Waals surface area contributed by atoms with Crippen molar-refractivity contribution in [3.05, 3.63) is 35.4 Å². The van der Waals surface area contributed by atoms with Gasteiger partial charge in [0.2, 0.25) is 0 Å². The molecule has 0 saturated carbocycles. The molecule has 0 aliphatic rings. The Hall–Kier alpha value is -0.860. The number of aryl methyl sites for hydroxylation is 1. The van der Waals surface area contributed by atoms with Gasteiger partial charge in [0.15, 0.2) is 0 Å². The third-order valence-corrected chi connectivity index (χ3v) is 2.22. The molecule has 1 atom stereocenters. The van der Waals surface area contributed by atoms with Crippen LogP contribution in [0, 0.1) is 12.8 Å². The summed E-state index contributed by atoms with van der Waals surface area (Å²) in [5.74, 6) is 0.558. The second-order valence-electron chi connectivity index (χ2n) is 4.46. The molecule has 0 aliphatic heterocycles. The summed E-state index contributed by atoms with van der Waals surface area (Å²) in [6.45, 7) is 9.23. The fourth-order valence-electron chi connectivity index (χ4n) is 1.35. The van der Waals surface area contributed by atoms with Crippen LogP contribution >= 0.6 is 0 Å². The van der Waals surface area contributed by atoms with Gasteiger partial charge >= 0.3 is 0 Å². The highest BCUT2D eigenvalue weighted by molar-refractivity contribution is 5.24. The molecule has 0 bridgehead atoms. The summed E-state index contributed by atoms with van der Waals surface area (Å²) < 4.78 is 0. The van der Waals surface area contributed by atoms with Crippen molar-refractivity contribution in [3.63, 3.8) is 0 Å². The maximum absolute atomic E-state index is 5.40. The minimum absolute atomic E-state index is 0.239. The fraction of sp³-hybridized carbons (Fsp3) is 0.538. The zero-order chi connectivity index (χ0) is 11.3. The van der Waals surface area contributed by atoms with Gasteiger partial charge in [0.1, 0.15) is 0 Å². The Balaban J connectivity index is 2.43. The van der Waals surface area contributed by atoms with Gasteiger partial charge in [0.25, 0.3) is 0 Å². The van der Waals surface area contributed by atoms with E-state index in [1.54, 1.807) is 0 Å². The van der Waals surface area contributed by atoms with Crippen molar-refractivity contribution in [2.75, 3.05) is 6.61 Å². The lowest BCUT2D eigenvalue weighted by molar-refractivity contribution is 0.00408. The van der Waals surface area contributed by atoms with Crippen LogP contribution in [0.4, 0.5) is 0 Å². The highest BCUT2D eigenvalue weighted by atomic mass is 16.6. The van der Waals surface area contributed by atoms with Gasteiger partial charge in [-0.2, -0.15) is 5.48 Å². The first kappa shape index (κ1) is 12.2. The standard InChI is InChI=1S/C13H21NO/c1-10(2)9-15-14-12(4)13-7-5-6-11(3)8-13/h5-8,10,12,14H,9H2,1-4H3. The molecule has 2 heteroatoms. The average molecular weight is 207 g/mol. The summed E-state index contributed by atoms with van der Waals surface area (Å²) in [5.41, 5.74) is 5.60. The molecule has 0 spiro atoms. The van der Waals surface area contributed by atoms with Crippen LogP contribution in [0.2, 0.25) is 0 Å². The van der Waals surface area contributed by atoms with E-state index >= 15 is 0 Å². The summed E-state index contributed by atoms with van der Waals surface area (Å²) >= 11 is 0. The first-order valence-electron chi connectivity index (χ1n) is 5.53. The van der Waals surface area contributed by atoms with E-state index in [-0.39, 0.29) is 6.04 Å². The number of benzene rings is 1. The normalized spacial score (nSPS) is 13.1. The van der Waals surface area contributed by atoms with Crippen molar-refractivity contribution >= 4 is 0 Å². The topological polar surface area (TPSA) is 21.3 Å². The lowest BCUT2D eigenvalue weighted by Gasteiger charge is -2.15. The minimum Gasteiger partial charge on any atom is -0.301 e. The molecule has 1 unspecified atom stereocenters. The van der Waals surface area contributed by atoms with E-state index in [0.29, 0.717) is 5.92 Å². The molecule has 1 aromatic carbocycles. The third kappa shape index (κ3) is 4.45. The second-order valence-corrected chi connectivity index (χ2v) is 4.46. The predicted octanol–water partition coefficient (Wildman–Crippen LogP) is 3.23. The molecule has 0 saturated heterocycles. The molecule has 1 rings (SSSR count). The summed E-state index contributed by atoms with van der Waals surface area (Å²) in [7, 11) is 0. The molecule has 0 radical (unpaired) electrons. The fourth-order valence-corrected chi connectivity index (χ4v) is 1.35.